The summed E-state index contributed by atoms with van der Waals surface area (Å²) in [5.41, 5.74) is -0.608. The van der Waals surface area contributed by atoms with Gasteiger partial charge in [-0.05, 0) is 18.8 Å². The Morgan fingerprint density at radius 1 is 0.882 bits per heavy atom. The van der Waals surface area contributed by atoms with Gasteiger partial charge < -0.3 is 14.6 Å². The van der Waals surface area contributed by atoms with Crippen LogP contribution in [0.15, 0.2) is 12.2 Å². The van der Waals surface area contributed by atoms with E-state index in [-0.39, 0.29) is 30.8 Å². The van der Waals surface area contributed by atoms with Crippen molar-refractivity contribution in [1.29, 1.82) is 0 Å². The third-order valence-corrected chi connectivity index (χ3v) is 5.97. The van der Waals surface area contributed by atoms with Gasteiger partial charge in [-0.2, -0.15) is 0 Å². The van der Waals surface area contributed by atoms with E-state index < -0.39 is 29.4 Å². The molecule has 0 aliphatic heterocycles. The van der Waals surface area contributed by atoms with Crippen LogP contribution in [0.25, 0.3) is 0 Å². The van der Waals surface area contributed by atoms with Crippen molar-refractivity contribution in [3.8, 4) is 0 Å². The monoisotopic (exact) mass is 482 g/mol. The maximum absolute atomic E-state index is 12.7. The number of carboxylic acids is 1. The van der Waals surface area contributed by atoms with E-state index in [1.54, 1.807) is 19.9 Å². The minimum absolute atomic E-state index is 0.0396. The van der Waals surface area contributed by atoms with E-state index >= 15 is 0 Å². The van der Waals surface area contributed by atoms with Crippen molar-refractivity contribution >= 4 is 17.9 Å². The van der Waals surface area contributed by atoms with Gasteiger partial charge in [0.15, 0.2) is 0 Å². The number of ether oxygens (including phenoxy) is 2. The number of unbranched alkanes of at least 4 members (excludes halogenated alkanes) is 8. The predicted molar refractivity (Wildman–Crippen MR) is 136 cm³/mol. The Morgan fingerprint density at radius 2 is 1.44 bits per heavy atom. The Hall–Kier alpha value is -1.85. The molecule has 0 fully saturated rings. The third kappa shape index (κ3) is 14.4. The fraction of sp³-hybridized carbons (Fsp3) is 0.821. The van der Waals surface area contributed by atoms with Gasteiger partial charge in [-0.25, -0.2) is 0 Å². The molecule has 0 spiro atoms. The average molecular weight is 483 g/mol. The van der Waals surface area contributed by atoms with Gasteiger partial charge in [0, 0.05) is 5.41 Å². The first-order valence-corrected chi connectivity index (χ1v) is 13.2. The molecule has 0 bridgehead atoms. The van der Waals surface area contributed by atoms with Crippen LogP contribution in [-0.4, -0.2) is 35.7 Å². The SMILES string of the molecule is CCCCCCCCCCC=CC(CC(=O)O)C(=O)OCC(C)(C)C(OC(=O)C(C)C)C(C)C. The highest BCUT2D eigenvalue weighted by atomic mass is 16.6. The zero-order valence-electron chi connectivity index (χ0n) is 22.7. The molecule has 0 radical (unpaired) electrons. The molecule has 6 nitrogen and oxygen atoms in total. The third-order valence-electron chi connectivity index (χ3n) is 5.97. The van der Waals surface area contributed by atoms with E-state index in [1.807, 2.05) is 33.8 Å². The number of carboxylic acid groups (broad SMARTS) is 1. The zero-order valence-corrected chi connectivity index (χ0v) is 22.7. The molecule has 0 aromatic rings. The van der Waals surface area contributed by atoms with Gasteiger partial charge in [0.05, 0.1) is 24.9 Å². The molecule has 0 aromatic heterocycles. The van der Waals surface area contributed by atoms with Gasteiger partial charge in [0.25, 0.3) is 0 Å². The lowest BCUT2D eigenvalue weighted by Gasteiger charge is -2.36. The molecular weight excluding hydrogens is 432 g/mol. The number of hydrogen-bond donors (Lipinski definition) is 1. The van der Waals surface area contributed by atoms with Crippen LogP contribution in [0.2, 0.25) is 0 Å². The van der Waals surface area contributed by atoms with Crippen molar-refractivity contribution < 1.29 is 29.0 Å². The molecule has 1 N–H and O–H groups in total. The summed E-state index contributed by atoms with van der Waals surface area (Å²) in [5.74, 6) is -2.91. The minimum atomic E-state index is -1.04. The van der Waals surface area contributed by atoms with Gasteiger partial charge in [0.1, 0.15) is 6.10 Å². The Balaban J connectivity index is 4.76. The molecule has 34 heavy (non-hydrogen) atoms. The predicted octanol–water partition coefficient (Wildman–Crippen LogP) is 6.96. The van der Waals surface area contributed by atoms with Crippen LogP contribution in [0, 0.1) is 23.2 Å². The molecule has 0 amide bonds. The van der Waals surface area contributed by atoms with Crippen molar-refractivity contribution in [2.24, 2.45) is 23.2 Å². The van der Waals surface area contributed by atoms with Crippen molar-refractivity contribution in [2.75, 3.05) is 6.61 Å². The normalized spacial score (nSPS) is 13.9. The molecule has 0 aliphatic carbocycles. The zero-order chi connectivity index (χ0) is 26.1. The molecule has 0 saturated heterocycles. The van der Waals surface area contributed by atoms with Crippen LogP contribution < -0.4 is 0 Å². The average Bonchev–Trinajstić information content (AvgIpc) is 2.75. The van der Waals surface area contributed by atoms with E-state index in [9.17, 15) is 19.5 Å². The van der Waals surface area contributed by atoms with E-state index in [1.165, 1.54) is 38.5 Å². The molecule has 0 aliphatic rings. The first-order valence-electron chi connectivity index (χ1n) is 13.2. The standard InChI is InChI=1S/C28H50O6/c1-8-9-10-11-12-13-14-15-16-17-18-23(19-24(29)30)27(32)33-20-28(6,7)25(21(2)3)34-26(31)22(4)5/h17-18,21-23,25H,8-16,19-20H2,1-7H3,(H,29,30). The summed E-state index contributed by atoms with van der Waals surface area (Å²) < 4.78 is 11.2. The molecule has 2 atom stereocenters. The molecule has 0 rings (SSSR count). The second-order valence-corrected chi connectivity index (χ2v) is 10.7. The highest BCUT2D eigenvalue weighted by Crippen LogP contribution is 2.30. The summed E-state index contributed by atoms with van der Waals surface area (Å²) in [5, 5.41) is 9.24. The number of aliphatic carboxylic acids is 1. The second-order valence-electron chi connectivity index (χ2n) is 10.7. The van der Waals surface area contributed by atoms with Crippen LogP contribution in [0.4, 0.5) is 0 Å². The smallest absolute Gasteiger partial charge is 0.313 e. The van der Waals surface area contributed by atoms with Gasteiger partial charge in [0.2, 0.25) is 0 Å². The number of allylic oxidation sites excluding steroid dienone is 1. The summed E-state index contributed by atoms with van der Waals surface area (Å²) in [6.07, 6.45) is 13.5. The van der Waals surface area contributed by atoms with Crippen LogP contribution in [0.1, 0.15) is 113 Å². The fourth-order valence-corrected chi connectivity index (χ4v) is 3.98. The second kappa shape index (κ2) is 17.6. The summed E-state index contributed by atoms with van der Waals surface area (Å²) in [6, 6.07) is 0. The maximum Gasteiger partial charge on any atom is 0.313 e. The van der Waals surface area contributed by atoms with Crippen molar-refractivity contribution in [3.63, 3.8) is 0 Å². The summed E-state index contributed by atoms with van der Waals surface area (Å²) >= 11 is 0. The first-order chi connectivity index (χ1) is 15.9. The van der Waals surface area contributed by atoms with Gasteiger partial charge in [-0.15, -0.1) is 0 Å². The van der Waals surface area contributed by atoms with E-state index in [0.29, 0.717) is 0 Å². The van der Waals surface area contributed by atoms with E-state index in [0.717, 1.165) is 19.3 Å². The molecule has 198 valence electrons. The van der Waals surface area contributed by atoms with Gasteiger partial charge in [-0.1, -0.05) is 106 Å². The van der Waals surface area contributed by atoms with Crippen molar-refractivity contribution in [3.05, 3.63) is 12.2 Å². The lowest BCUT2D eigenvalue weighted by Crippen LogP contribution is -2.42. The topological polar surface area (TPSA) is 89.9 Å². The van der Waals surface area contributed by atoms with Gasteiger partial charge >= 0.3 is 17.9 Å². The maximum atomic E-state index is 12.7. The van der Waals surface area contributed by atoms with Crippen LogP contribution in [0.3, 0.4) is 0 Å². The van der Waals surface area contributed by atoms with E-state index in [2.05, 4.69) is 6.92 Å². The summed E-state index contributed by atoms with van der Waals surface area (Å²) in [4.78, 5) is 36.1. The fourth-order valence-electron chi connectivity index (χ4n) is 3.98. The Bertz CT molecular complexity index is 620. The minimum Gasteiger partial charge on any atom is -0.481 e. The number of rotatable bonds is 19. The first kappa shape index (κ1) is 32.1. The number of hydrogen-bond acceptors (Lipinski definition) is 5. The number of carbonyl (C=O) groups is 3. The van der Waals surface area contributed by atoms with E-state index in [4.69, 9.17) is 9.47 Å². The van der Waals surface area contributed by atoms with Crippen LogP contribution >= 0.6 is 0 Å². The Morgan fingerprint density at radius 3 is 1.94 bits per heavy atom. The number of esters is 2. The molecular formula is C28H50O6. The molecule has 0 aromatic carbocycles. The molecule has 0 saturated carbocycles. The highest BCUT2D eigenvalue weighted by Gasteiger charge is 2.37. The van der Waals surface area contributed by atoms with Crippen molar-refractivity contribution in [1.82, 2.24) is 0 Å². The highest BCUT2D eigenvalue weighted by molar-refractivity contribution is 5.80. The van der Waals surface area contributed by atoms with Crippen LogP contribution in [-0.2, 0) is 23.9 Å². The van der Waals surface area contributed by atoms with Crippen molar-refractivity contribution in [2.45, 2.75) is 119 Å². The summed E-state index contributed by atoms with van der Waals surface area (Å²) in [6.45, 7) is 13.5. The van der Waals surface area contributed by atoms with Gasteiger partial charge in [-0.3, -0.25) is 14.4 Å². The Kier molecular flexibility index (Phi) is 16.6. The summed E-state index contributed by atoms with van der Waals surface area (Å²) in [7, 11) is 0. The lowest BCUT2D eigenvalue weighted by molar-refractivity contribution is -0.170. The number of carbonyl (C=O) groups excluding carboxylic acids is 2. The molecule has 2 unspecified atom stereocenters. The lowest BCUT2D eigenvalue weighted by atomic mass is 9.81. The largest absolute Gasteiger partial charge is 0.481 e. The molecule has 6 heteroatoms. The molecule has 0 heterocycles. The quantitative estimate of drug-likeness (QED) is 0.122. The Labute approximate surface area is 207 Å². The van der Waals surface area contributed by atoms with Crippen LogP contribution in [0.5, 0.6) is 0 Å².